The van der Waals surface area contributed by atoms with Crippen molar-refractivity contribution in [2.45, 2.75) is 111 Å². The van der Waals surface area contributed by atoms with Crippen LogP contribution in [-0.2, 0) is 56.3 Å². The van der Waals surface area contributed by atoms with Gasteiger partial charge in [0, 0.05) is 67.3 Å². The maximum absolute atomic E-state index is 14.7. The molecule has 358 valence electrons. The summed E-state index contributed by atoms with van der Waals surface area (Å²) in [6, 6.07) is 24.3. The van der Waals surface area contributed by atoms with Gasteiger partial charge in [-0.1, -0.05) is 77.1 Å². The van der Waals surface area contributed by atoms with Gasteiger partial charge >= 0.3 is 5.97 Å². The Bertz CT molecular complexity index is 2680. The molecule has 3 atom stereocenters. The highest BCUT2D eigenvalue weighted by atomic mass is 16.5. The lowest BCUT2D eigenvalue weighted by molar-refractivity contribution is -0.155. The maximum Gasteiger partial charge on any atom is 0.324 e. The summed E-state index contributed by atoms with van der Waals surface area (Å²) < 4.78 is 13.7. The second-order valence-electron chi connectivity index (χ2n) is 19.0. The Morgan fingerprint density at radius 1 is 1.04 bits per heavy atom. The van der Waals surface area contributed by atoms with Crippen LogP contribution in [0.3, 0.4) is 0 Å². The second kappa shape index (κ2) is 22.0. The summed E-state index contributed by atoms with van der Waals surface area (Å²) >= 11 is 0. The Kier molecular flexibility index (Phi) is 15.9. The van der Waals surface area contributed by atoms with E-state index in [9.17, 15) is 19.2 Å². The molecule has 14 heteroatoms. The minimum atomic E-state index is -1.03. The number of likely N-dealkylation sites (N-methyl/N-ethyl adjacent to an activating group) is 1. The van der Waals surface area contributed by atoms with E-state index in [1.54, 1.807) is 14.2 Å². The SMILES string of the molecule is CCc1ccncc1-c1c2c3cc(ccc3n1CC)-c1cccc(c1)C[C@H](NC(=O)[C@H](C(C)C)N(C)C(=O)CCN=C=NCc1ccc(OC)cc1)C(=O)N1CCC[C@H](N1)C(=O)OCC(C)(C)C2. The van der Waals surface area contributed by atoms with Crippen LogP contribution in [0.5, 0.6) is 5.75 Å². The van der Waals surface area contributed by atoms with E-state index in [2.05, 4.69) is 100 Å². The molecule has 0 spiro atoms. The molecule has 2 N–H and O–H groups in total. The minimum absolute atomic E-state index is 0.0422. The van der Waals surface area contributed by atoms with E-state index in [4.69, 9.17) is 9.47 Å². The van der Waals surface area contributed by atoms with E-state index in [0.717, 1.165) is 63.1 Å². The minimum Gasteiger partial charge on any atom is -0.497 e. The van der Waals surface area contributed by atoms with Crippen molar-refractivity contribution in [3.63, 3.8) is 0 Å². The highest BCUT2D eigenvalue weighted by Crippen LogP contribution is 2.41. The van der Waals surface area contributed by atoms with Gasteiger partial charge < -0.3 is 24.3 Å². The van der Waals surface area contributed by atoms with Crippen LogP contribution in [0.4, 0.5) is 0 Å². The third kappa shape index (κ3) is 11.4. The molecule has 0 unspecified atom stereocenters. The van der Waals surface area contributed by atoms with Gasteiger partial charge in [-0.25, -0.2) is 15.4 Å². The van der Waals surface area contributed by atoms with Gasteiger partial charge in [0.15, 0.2) is 0 Å². The number of benzene rings is 3. The number of rotatable bonds is 13. The quantitative estimate of drug-likeness (QED) is 0.0893. The van der Waals surface area contributed by atoms with Crippen LogP contribution in [0.2, 0.25) is 0 Å². The number of cyclic esters (lactones) is 1. The number of aryl methyl sites for hydroxylation is 2. The summed E-state index contributed by atoms with van der Waals surface area (Å²) in [4.78, 5) is 71.0. The van der Waals surface area contributed by atoms with Crippen molar-refractivity contribution in [2.75, 3.05) is 33.9 Å². The maximum atomic E-state index is 14.7. The molecule has 1 saturated heterocycles. The Morgan fingerprint density at radius 3 is 2.56 bits per heavy atom. The number of fused-ring (bicyclic) bond motifs is 6. The van der Waals surface area contributed by atoms with Gasteiger partial charge in [0.1, 0.15) is 23.9 Å². The van der Waals surface area contributed by atoms with Gasteiger partial charge in [0.05, 0.1) is 38.5 Å². The topological polar surface area (TPSA) is 160 Å². The van der Waals surface area contributed by atoms with Crippen molar-refractivity contribution in [1.82, 2.24) is 30.2 Å². The molecule has 0 aliphatic carbocycles. The normalized spacial score (nSPS) is 17.7. The number of aliphatic imine (C=N–C) groups is 2. The predicted molar refractivity (Wildman–Crippen MR) is 265 cm³/mol. The number of hydrogen-bond acceptors (Lipinski definition) is 10. The van der Waals surface area contributed by atoms with Gasteiger partial charge in [-0.3, -0.25) is 29.2 Å². The van der Waals surface area contributed by atoms with Crippen LogP contribution in [0.15, 0.2) is 95.2 Å². The number of carbonyl (C=O) groups is 4. The molecule has 2 aliphatic heterocycles. The number of nitrogens with one attached hydrogen (secondary N) is 2. The zero-order chi connectivity index (χ0) is 48.5. The largest absolute Gasteiger partial charge is 0.497 e. The van der Waals surface area contributed by atoms with E-state index in [-0.39, 0.29) is 43.7 Å². The summed E-state index contributed by atoms with van der Waals surface area (Å²) in [5, 5.41) is 5.62. The molecule has 14 nitrogen and oxygen atoms in total. The van der Waals surface area contributed by atoms with E-state index < -0.39 is 35.4 Å². The fourth-order valence-corrected chi connectivity index (χ4v) is 9.50. The van der Waals surface area contributed by atoms with Crippen molar-refractivity contribution < 1.29 is 28.7 Å². The van der Waals surface area contributed by atoms with Crippen LogP contribution >= 0.6 is 0 Å². The fourth-order valence-electron chi connectivity index (χ4n) is 9.50. The highest BCUT2D eigenvalue weighted by molar-refractivity contribution is 5.96. The van der Waals surface area contributed by atoms with Crippen LogP contribution in [0.25, 0.3) is 33.3 Å². The number of aromatic nitrogens is 2. The molecule has 1 fully saturated rings. The highest BCUT2D eigenvalue weighted by Gasteiger charge is 2.37. The molecule has 4 heterocycles. The molecule has 0 saturated carbocycles. The number of hydrazine groups is 1. The summed E-state index contributed by atoms with van der Waals surface area (Å²) in [6.07, 6.45) is 6.55. The molecule has 5 aromatic rings. The summed E-state index contributed by atoms with van der Waals surface area (Å²) in [7, 11) is 3.22. The fraction of sp³-hybridized carbons (Fsp3) is 0.444. The van der Waals surface area contributed by atoms with E-state index in [1.807, 2.05) is 62.6 Å². The Morgan fingerprint density at radius 2 is 1.82 bits per heavy atom. The lowest BCUT2D eigenvalue weighted by atomic mass is 9.84. The summed E-state index contributed by atoms with van der Waals surface area (Å²) in [5.74, 6) is -1.09. The lowest BCUT2D eigenvalue weighted by Gasteiger charge is -2.36. The molecule has 2 aliphatic rings. The molecular weight excluding hydrogens is 857 g/mol. The van der Waals surface area contributed by atoms with Gasteiger partial charge in [-0.2, -0.15) is 0 Å². The molecular formula is C54H66N8O6. The number of ether oxygens (including phenoxy) is 2. The third-order valence-corrected chi connectivity index (χ3v) is 13.1. The standard InChI is InChI=1S/C54H66N8O6/c1-9-38-22-24-55-32-44(38)50-43-30-54(5,6)33-68-53(66)45-15-12-26-62(59-45)52(65)46(28-37-13-11-14-39(27-37)40-18-21-47(42(43)29-40)61(50)10-2)58-51(64)49(35(3)4)60(7)48(63)23-25-56-34-57-31-36-16-19-41(67-8)20-17-36/h11,13-14,16-22,24,27,29,32,35,45-46,49,59H,9-10,12,15,23,25-26,28,30-31,33H2,1-8H3,(H,58,64)/t45-,46-,49-/m0/s1. The number of nitrogens with zero attached hydrogens (tertiary/aromatic N) is 6. The van der Waals surface area contributed by atoms with Crippen molar-refractivity contribution in [3.05, 3.63) is 107 Å². The zero-order valence-corrected chi connectivity index (χ0v) is 40.8. The van der Waals surface area contributed by atoms with E-state index in [1.165, 1.54) is 21.0 Å². The predicted octanol–water partition coefficient (Wildman–Crippen LogP) is 7.86. The number of esters is 1. The van der Waals surface area contributed by atoms with Gasteiger partial charge in [0.2, 0.25) is 11.8 Å². The Balaban J connectivity index is 1.19. The Hall–Kier alpha value is -6.63. The van der Waals surface area contributed by atoms with Crippen molar-refractivity contribution >= 4 is 40.6 Å². The molecule has 7 rings (SSSR count). The molecule has 68 heavy (non-hydrogen) atoms. The first kappa shape index (κ1) is 49.3. The number of amides is 3. The molecule has 3 amide bonds. The smallest absolute Gasteiger partial charge is 0.324 e. The molecule has 6 bridgehead atoms. The van der Waals surface area contributed by atoms with Gasteiger partial charge in [-0.15, -0.1) is 0 Å². The van der Waals surface area contributed by atoms with Crippen LogP contribution in [0, 0.1) is 11.3 Å². The number of carbonyl (C=O) groups excluding carboxylic acids is 4. The first-order valence-electron chi connectivity index (χ1n) is 23.9. The Labute approximate surface area is 400 Å². The van der Waals surface area contributed by atoms with Crippen molar-refractivity contribution in [3.8, 4) is 28.1 Å². The van der Waals surface area contributed by atoms with Crippen LogP contribution < -0.4 is 15.5 Å². The molecule has 2 aromatic heterocycles. The van der Waals surface area contributed by atoms with Crippen molar-refractivity contribution in [1.29, 1.82) is 0 Å². The number of methoxy groups -OCH3 is 1. The molecule has 0 radical (unpaired) electrons. The first-order chi connectivity index (χ1) is 32.7. The van der Waals surface area contributed by atoms with Gasteiger partial charge in [-0.05, 0) is 102 Å². The first-order valence-corrected chi connectivity index (χ1v) is 23.9. The average molecular weight is 923 g/mol. The van der Waals surface area contributed by atoms with Crippen LogP contribution in [-0.4, -0.2) is 101 Å². The number of pyridine rings is 1. The summed E-state index contributed by atoms with van der Waals surface area (Å²) in [6.45, 7) is 14.1. The lowest BCUT2D eigenvalue weighted by Crippen LogP contribution is -2.62. The van der Waals surface area contributed by atoms with E-state index in [0.29, 0.717) is 32.4 Å². The monoisotopic (exact) mass is 923 g/mol. The average Bonchev–Trinajstić information content (AvgIpc) is 3.64. The molecule has 3 aromatic carbocycles. The van der Waals surface area contributed by atoms with Crippen molar-refractivity contribution in [2.24, 2.45) is 21.3 Å². The zero-order valence-electron chi connectivity index (χ0n) is 40.8. The third-order valence-electron chi connectivity index (χ3n) is 13.1. The second-order valence-corrected chi connectivity index (χ2v) is 19.0. The number of hydrogen-bond donors (Lipinski definition) is 2. The van der Waals surface area contributed by atoms with E-state index >= 15 is 0 Å². The van der Waals surface area contributed by atoms with Crippen LogP contribution in [0.1, 0.15) is 83.1 Å². The van der Waals surface area contributed by atoms with Gasteiger partial charge in [0.25, 0.3) is 5.91 Å². The summed E-state index contributed by atoms with van der Waals surface area (Å²) in [5.41, 5.74) is 12.2.